The molecule has 1 aliphatic carbocycles. The van der Waals surface area contributed by atoms with Crippen LogP contribution < -0.4 is 5.32 Å². The highest BCUT2D eigenvalue weighted by atomic mass is 32.2. The Morgan fingerprint density at radius 1 is 1.26 bits per heavy atom. The lowest BCUT2D eigenvalue weighted by Gasteiger charge is -2.41. The van der Waals surface area contributed by atoms with Crippen LogP contribution in [0, 0.1) is 5.92 Å². The maximum absolute atomic E-state index is 11.3. The summed E-state index contributed by atoms with van der Waals surface area (Å²) in [5.41, 5.74) is 0. The van der Waals surface area contributed by atoms with Gasteiger partial charge in [-0.3, -0.25) is 0 Å². The lowest BCUT2D eigenvalue weighted by molar-refractivity contribution is 0.124. The van der Waals surface area contributed by atoms with Gasteiger partial charge in [-0.1, -0.05) is 20.3 Å². The van der Waals surface area contributed by atoms with Gasteiger partial charge in [0.25, 0.3) is 0 Å². The molecule has 1 rings (SSSR count). The molecule has 1 saturated carbocycles. The van der Waals surface area contributed by atoms with Crippen LogP contribution in [0.2, 0.25) is 0 Å². The molecule has 3 atom stereocenters. The van der Waals surface area contributed by atoms with Gasteiger partial charge in [0, 0.05) is 24.9 Å². The molecule has 1 aliphatic rings. The van der Waals surface area contributed by atoms with Crippen LogP contribution in [0.25, 0.3) is 0 Å². The predicted molar refractivity (Wildman–Crippen MR) is 81.2 cm³/mol. The summed E-state index contributed by atoms with van der Waals surface area (Å²) < 4.78 is 22.6. The molecule has 0 amide bonds. The van der Waals surface area contributed by atoms with Crippen molar-refractivity contribution < 1.29 is 8.42 Å². The Labute approximate surface area is 118 Å². The number of likely N-dealkylation sites (N-methyl/N-ethyl adjacent to an activating group) is 2. The van der Waals surface area contributed by atoms with Gasteiger partial charge in [0.05, 0.1) is 5.75 Å². The largest absolute Gasteiger partial charge is 0.313 e. The average Bonchev–Trinajstić information content (AvgIpc) is 2.36. The maximum Gasteiger partial charge on any atom is 0.148 e. The Morgan fingerprint density at radius 3 is 2.47 bits per heavy atom. The molecule has 0 bridgehead atoms. The summed E-state index contributed by atoms with van der Waals surface area (Å²) in [5, 5.41) is 3.57. The van der Waals surface area contributed by atoms with Gasteiger partial charge in [-0.05, 0) is 38.8 Å². The molecule has 0 heterocycles. The second-order valence-corrected chi connectivity index (χ2v) is 8.19. The Kier molecular flexibility index (Phi) is 6.77. The maximum atomic E-state index is 11.3. The van der Waals surface area contributed by atoms with Gasteiger partial charge in [0.2, 0.25) is 0 Å². The smallest absolute Gasteiger partial charge is 0.148 e. The Morgan fingerprint density at radius 2 is 1.95 bits per heavy atom. The van der Waals surface area contributed by atoms with Gasteiger partial charge < -0.3 is 10.2 Å². The zero-order chi connectivity index (χ0) is 14.5. The molecule has 0 saturated heterocycles. The number of hydrogen-bond acceptors (Lipinski definition) is 4. The quantitative estimate of drug-likeness (QED) is 0.772. The van der Waals surface area contributed by atoms with Gasteiger partial charge in [-0.2, -0.15) is 0 Å². The molecule has 0 radical (unpaired) electrons. The van der Waals surface area contributed by atoms with Crippen LogP contribution in [-0.4, -0.2) is 57.5 Å². The molecule has 0 spiro atoms. The highest BCUT2D eigenvalue weighted by molar-refractivity contribution is 7.90. The van der Waals surface area contributed by atoms with Gasteiger partial charge >= 0.3 is 0 Å². The summed E-state index contributed by atoms with van der Waals surface area (Å²) in [5.74, 6) is 1.05. The van der Waals surface area contributed by atoms with Crippen LogP contribution in [0.4, 0.5) is 0 Å². The molecular formula is C14H30N2O2S. The van der Waals surface area contributed by atoms with Crippen molar-refractivity contribution in [2.24, 2.45) is 5.92 Å². The Bertz CT molecular complexity index is 356. The standard InChI is InChI=1S/C14H30N2O2S/c1-5-12-7-8-13(15-6-2)14(11-12)16(3)9-10-19(4,17)18/h12-15H,5-11H2,1-4H3. The lowest BCUT2D eigenvalue weighted by atomic mass is 9.80. The molecule has 0 aliphatic heterocycles. The molecule has 5 heteroatoms. The highest BCUT2D eigenvalue weighted by Gasteiger charge is 2.31. The summed E-state index contributed by atoms with van der Waals surface area (Å²) in [7, 11) is -0.801. The van der Waals surface area contributed by atoms with Crippen LogP contribution in [0.1, 0.15) is 39.5 Å². The minimum Gasteiger partial charge on any atom is -0.313 e. The monoisotopic (exact) mass is 290 g/mol. The number of sulfone groups is 1. The first kappa shape index (κ1) is 16.9. The summed E-state index contributed by atoms with van der Waals surface area (Å²) in [4.78, 5) is 2.25. The fraction of sp³-hybridized carbons (Fsp3) is 1.00. The molecule has 4 nitrogen and oxygen atoms in total. The van der Waals surface area contributed by atoms with Crippen molar-refractivity contribution in [1.29, 1.82) is 0 Å². The normalized spacial score (nSPS) is 28.8. The van der Waals surface area contributed by atoms with Crippen LogP contribution >= 0.6 is 0 Å². The summed E-state index contributed by atoms with van der Waals surface area (Å²) in [6, 6.07) is 0.984. The molecule has 0 aromatic rings. The fourth-order valence-electron chi connectivity index (χ4n) is 3.07. The molecule has 1 N–H and O–H groups in total. The van der Waals surface area contributed by atoms with Gasteiger partial charge in [0.1, 0.15) is 9.84 Å². The summed E-state index contributed by atoms with van der Waals surface area (Å²) >= 11 is 0. The van der Waals surface area contributed by atoms with Crippen LogP contribution in [0.15, 0.2) is 0 Å². The molecule has 0 aromatic carbocycles. The number of nitrogens with zero attached hydrogens (tertiary/aromatic N) is 1. The zero-order valence-electron chi connectivity index (χ0n) is 12.9. The van der Waals surface area contributed by atoms with E-state index in [9.17, 15) is 8.42 Å². The van der Waals surface area contributed by atoms with Crippen molar-refractivity contribution in [1.82, 2.24) is 10.2 Å². The molecule has 3 unspecified atom stereocenters. The summed E-state index contributed by atoms with van der Waals surface area (Å²) in [6.45, 7) is 6.02. The fourth-order valence-corrected chi connectivity index (χ4v) is 3.68. The average molecular weight is 290 g/mol. The topological polar surface area (TPSA) is 49.4 Å². The number of nitrogens with one attached hydrogen (secondary N) is 1. The number of hydrogen-bond donors (Lipinski definition) is 1. The third-order valence-corrected chi connectivity index (χ3v) is 5.27. The molecule has 19 heavy (non-hydrogen) atoms. The molecular weight excluding hydrogens is 260 g/mol. The van der Waals surface area contributed by atoms with Crippen molar-refractivity contribution in [3.8, 4) is 0 Å². The van der Waals surface area contributed by atoms with E-state index in [2.05, 4.69) is 31.1 Å². The highest BCUT2D eigenvalue weighted by Crippen LogP contribution is 2.29. The van der Waals surface area contributed by atoms with Crippen molar-refractivity contribution >= 4 is 9.84 Å². The first-order valence-electron chi connectivity index (χ1n) is 7.48. The van der Waals surface area contributed by atoms with E-state index >= 15 is 0 Å². The minimum absolute atomic E-state index is 0.260. The van der Waals surface area contributed by atoms with Crippen molar-refractivity contribution in [2.75, 3.05) is 32.1 Å². The molecule has 114 valence electrons. The van der Waals surface area contributed by atoms with Crippen molar-refractivity contribution in [3.05, 3.63) is 0 Å². The van der Waals surface area contributed by atoms with E-state index in [1.54, 1.807) is 0 Å². The third kappa shape index (κ3) is 5.79. The number of rotatable bonds is 7. The van der Waals surface area contributed by atoms with Crippen molar-refractivity contribution in [2.45, 2.75) is 51.6 Å². The van der Waals surface area contributed by atoms with Crippen molar-refractivity contribution in [3.63, 3.8) is 0 Å². The zero-order valence-corrected chi connectivity index (χ0v) is 13.7. The molecule has 1 fully saturated rings. The SMILES string of the molecule is CCNC1CCC(CC)CC1N(C)CCS(C)(=O)=O. The van der Waals surface area contributed by atoms with E-state index in [0.29, 0.717) is 18.6 Å². The predicted octanol–water partition coefficient (Wildman–Crippen LogP) is 1.52. The Hall–Kier alpha value is -0.130. The van der Waals surface area contributed by atoms with E-state index < -0.39 is 9.84 Å². The lowest BCUT2D eigenvalue weighted by Crippen LogP contribution is -2.52. The second kappa shape index (κ2) is 7.60. The second-order valence-electron chi connectivity index (χ2n) is 5.93. The van der Waals surface area contributed by atoms with E-state index in [0.717, 1.165) is 12.5 Å². The third-order valence-electron chi connectivity index (χ3n) is 4.35. The first-order valence-corrected chi connectivity index (χ1v) is 9.54. The van der Waals surface area contributed by atoms with Crippen LogP contribution in [0.3, 0.4) is 0 Å². The first-order chi connectivity index (χ1) is 8.87. The van der Waals surface area contributed by atoms with Gasteiger partial charge in [0.15, 0.2) is 0 Å². The summed E-state index contributed by atoms with van der Waals surface area (Å²) in [6.07, 6.45) is 6.24. The van der Waals surface area contributed by atoms with E-state index in [1.807, 2.05) is 0 Å². The van der Waals surface area contributed by atoms with E-state index in [-0.39, 0.29) is 5.75 Å². The van der Waals surface area contributed by atoms with Crippen LogP contribution in [-0.2, 0) is 9.84 Å². The molecule has 0 aromatic heterocycles. The van der Waals surface area contributed by atoms with E-state index in [1.165, 1.54) is 31.9 Å². The Balaban J connectivity index is 2.61. The van der Waals surface area contributed by atoms with E-state index in [4.69, 9.17) is 0 Å². The van der Waals surface area contributed by atoms with Gasteiger partial charge in [-0.15, -0.1) is 0 Å². The van der Waals surface area contributed by atoms with Gasteiger partial charge in [-0.25, -0.2) is 8.42 Å². The minimum atomic E-state index is -2.87. The van der Waals surface area contributed by atoms with Crippen LogP contribution in [0.5, 0.6) is 0 Å².